The molecule has 0 bridgehead atoms. The summed E-state index contributed by atoms with van der Waals surface area (Å²) in [4.78, 5) is 0. The van der Waals surface area contributed by atoms with Gasteiger partial charge in [-0.25, -0.2) is 5.43 Å². The number of hydrogen-bond donors (Lipinski definition) is 2. The molecule has 0 spiro atoms. The van der Waals surface area contributed by atoms with Gasteiger partial charge in [-0.05, 0) is 35.4 Å². The number of hydrogen-bond acceptors (Lipinski definition) is 4. The lowest BCUT2D eigenvalue weighted by Gasteiger charge is -2.18. The van der Waals surface area contributed by atoms with Crippen molar-refractivity contribution in [2.75, 3.05) is 13.2 Å². The van der Waals surface area contributed by atoms with Crippen molar-refractivity contribution in [3.05, 3.63) is 58.6 Å². The fourth-order valence-electron chi connectivity index (χ4n) is 2.43. The van der Waals surface area contributed by atoms with E-state index in [0.29, 0.717) is 18.2 Å². The Hall–Kier alpha value is -1.75. The van der Waals surface area contributed by atoms with Crippen LogP contribution in [0.25, 0.3) is 0 Å². The van der Waals surface area contributed by atoms with E-state index in [-0.39, 0.29) is 6.04 Å². The van der Waals surface area contributed by atoms with Crippen molar-refractivity contribution in [2.24, 2.45) is 5.84 Å². The average molecular weight is 305 g/mol. The predicted octanol–water partition coefficient (Wildman–Crippen LogP) is 3.05. The van der Waals surface area contributed by atoms with Gasteiger partial charge in [-0.15, -0.1) is 0 Å². The topological polar surface area (TPSA) is 56.5 Å². The van der Waals surface area contributed by atoms with Gasteiger partial charge in [0.2, 0.25) is 0 Å². The van der Waals surface area contributed by atoms with Crippen molar-refractivity contribution in [1.29, 1.82) is 0 Å². The molecule has 5 heteroatoms. The molecule has 110 valence electrons. The largest absolute Gasteiger partial charge is 0.490 e. The lowest BCUT2D eigenvalue weighted by atomic mass is 9.99. The molecule has 1 aliphatic heterocycles. The van der Waals surface area contributed by atoms with Crippen LogP contribution in [0.4, 0.5) is 0 Å². The summed E-state index contributed by atoms with van der Waals surface area (Å²) in [6, 6.07) is 13.4. The van der Waals surface area contributed by atoms with Gasteiger partial charge in [0.15, 0.2) is 11.5 Å². The van der Waals surface area contributed by atoms with Crippen LogP contribution in [-0.4, -0.2) is 13.2 Å². The van der Waals surface area contributed by atoms with Crippen molar-refractivity contribution >= 4 is 11.6 Å². The molecule has 4 nitrogen and oxygen atoms in total. The molecule has 0 amide bonds. The molecule has 3 rings (SSSR count). The van der Waals surface area contributed by atoms with Crippen LogP contribution >= 0.6 is 11.6 Å². The van der Waals surface area contributed by atoms with Crippen LogP contribution in [-0.2, 0) is 0 Å². The summed E-state index contributed by atoms with van der Waals surface area (Å²) >= 11 is 6.06. The molecule has 2 aromatic carbocycles. The maximum Gasteiger partial charge on any atom is 0.161 e. The van der Waals surface area contributed by atoms with Crippen LogP contribution in [0.15, 0.2) is 42.5 Å². The standard InChI is InChI=1S/C16H17ClN2O2/c17-13-4-1-3-11(9-13)16(19-18)12-5-6-14-15(10-12)21-8-2-7-20-14/h1,3-6,9-10,16,19H,2,7-8,18H2. The molecule has 1 aliphatic rings. The first-order chi connectivity index (χ1) is 10.3. The second-order valence-electron chi connectivity index (χ2n) is 4.91. The lowest BCUT2D eigenvalue weighted by molar-refractivity contribution is 0.297. The maximum atomic E-state index is 6.06. The Kier molecular flexibility index (Phi) is 4.29. The molecule has 3 N–H and O–H groups in total. The lowest BCUT2D eigenvalue weighted by Crippen LogP contribution is -2.28. The van der Waals surface area contributed by atoms with Crippen molar-refractivity contribution in [3.8, 4) is 11.5 Å². The van der Waals surface area contributed by atoms with Gasteiger partial charge in [-0.1, -0.05) is 29.8 Å². The smallest absolute Gasteiger partial charge is 0.161 e. The number of halogens is 1. The number of benzene rings is 2. The highest BCUT2D eigenvalue weighted by atomic mass is 35.5. The number of rotatable bonds is 3. The molecular formula is C16H17ClN2O2. The highest BCUT2D eigenvalue weighted by Gasteiger charge is 2.17. The van der Waals surface area contributed by atoms with Crippen LogP contribution in [0, 0.1) is 0 Å². The van der Waals surface area contributed by atoms with Gasteiger partial charge in [0, 0.05) is 11.4 Å². The van der Waals surface area contributed by atoms with Crippen LogP contribution in [0.5, 0.6) is 11.5 Å². The molecule has 21 heavy (non-hydrogen) atoms. The number of fused-ring (bicyclic) bond motifs is 1. The Morgan fingerprint density at radius 2 is 1.76 bits per heavy atom. The van der Waals surface area contributed by atoms with Crippen molar-refractivity contribution in [3.63, 3.8) is 0 Å². The normalized spacial score (nSPS) is 15.3. The highest BCUT2D eigenvalue weighted by molar-refractivity contribution is 6.30. The molecule has 0 saturated carbocycles. The zero-order chi connectivity index (χ0) is 14.7. The van der Waals surface area contributed by atoms with Crippen molar-refractivity contribution in [1.82, 2.24) is 5.43 Å². The van der Waals surface area contributed by atoms with Crippen LogP contribution in [0.1, 0.15) is 23.6 Å². The van der Waals surface area contributed by atoms with Gasteiger partial charge in [0.1, 0.15) is 0 Å². The summed E-state index contributed by atoms with van der Waals surface area (Å²) in [5, 5.41) is 0.682. The third kappa shape index (κ3) is 3.13. The van der Waals surface area contributed by atoms with E-state index in [1.54, 1.807) is 0 Å². The Morgan fingerprint density at radius 3 is 2.52 bits per heavy atom. The zero-order valence-electron chi connectivity index (χ0n) is 11.5. The number of nitrogens with one attached hydrogen (secondary N) is 1. The summed E-state index contributed by atoms with van der Waals surface area (Å²) in [5.41, 5.74) is 4.83. The molecule has 1 atom stereocenters. The van der Waals surface area contributed by atoms with E-state index in [0.717, 1.165) is 29.0 Å². The molecule has 0 fully saturated rings. The van der Waals surface area contributed by atoms with Gasteiger partial charge < -0.3 is 9.47 Å². The van der Waals surface area contributed by atoms with Crippen LogP contribution in [0.2, 0.25) is 5.02 Å². The molecule has 0 radical (unpaired) electrons. The minimum absolute atomic E-state index is 0.152. The average Bonchev–Trinajstić information content (AvgIpc) is 2.73. The van der Waals surface area contributed by atoms with E-state index in [2.05, 4.69) is 5.43 Å². The fourth-order valence-corrected chi connectivity index (χ4v) is 2.63. The fraction of sp³-hybridized carbons (Fsp3) is 0.250. The molecule has 1 heterocycles. The SMILES string of the molecule is NNC(c1cccc(Cl)c1)c1ccc2c(c1)OCCCO2. The highest BCUT2D eigenvalue weighted by Crippen LogP contribution is 2.34. The van der Waals surface area contributed by atoms with Gasteiger partial charge >= 0.3 is 0 Å². The first-order valence-corrected chi connectivity index (χ1v) is 7.27. The Labute approximate surface area is 128 Å². The predicted molar refractivity (Wildman–Crippen MR) is 82.7 cm³/mol. The quantitative estimate of drug-likeness (QED) is 0.676. The summed E-state index contributed by atoms with van der Waals surface area (Å²) < 4.78 is 11.4. The summed E-state index contributed by atoms with van der Waals surface area (Å²) in [7, 11) is 0. The van der Waals surface area contributed by atoms with Crippen molar-refractivity contribution in [2.45, 2.75) is 12.5 Å². The molecule has 2 aromatic rings. The third-order valence-electron chi connectivity index (χ3n) is 3.45. The van der Waals surface area contributed by atoms with Gasteiger partial charge in [-0.2, -0.15) is 0 Å². The Bertz CT molecular complexity index is 633. The second kappa shape index (κ2) is 6.35. The summed E-state index contributed by atoms with van der Waals surface area (Å²) in [6.45, 7) is 1.34. The monoisotopic (exact) mass is 304 g/mol. The van der Waals surface area contributed by atoms with E-state index in [9.17, 15) is 0 Å². The molecular weight excluding hydrogens is 288 g/mol. The van der Waals surface area contributed by atoms with E-state index in [1.807, 2.05) is 42.5 Å². The van der Waals surface area contributed by atoms with E-state index in [1.165, 1.54) is 0 Å². The van der Waals surface area contributed by atoms with E-state index >= 15 is 0 Å². The minimum atomic E-state index is -0.152. The molecule has 1 unspecified atom stereocenters. The maximum absolute atomic E-state index is 6.06. The number of nitrogens with two attached hydrogens (primary N) is 1. The number of hydrazine groups is 1. The minimum Gasteiger partial charge on any atom is -0.490 e. The van der Waals surface area contributed by atoms with Crippen molar-refractivity contribution < 1.29 is 9.47 Å². The van der Waals surface area contributed by atoms with E-state index < -0.39 is 0 Å². The molecule has 0 aliphatic carbocycles. The Morgan fingerprint density at radius 1 is 1.00 bits per heavy atom. The summed E-state index contributed by atoms with van der Waals surface area (Å²) in [5.74, 6) is 7.26. The summed E-state index contributed by atoms with van der Waals surface area (Å²) in [6.07, 6.45) is 0.886. The third-order valence-corrected chi connectivity index (χ3v) is 3.69. The van der Waals surface area contributed by atoms with Gasteiger partial charge in [-0.3, -0.25) is 5.84 Å². The number of ether oxygens (including phenoxy) is 2. The van der Waals surface area contributed by atoms with Gasteiger partial charge in [0.05, 0.1) is 19.3 Å². The first-order valence-electron chi connectivity index (χ1n) is 6.89. The zero-order valence-corrected chi connectivity index (χ0v) is 12.3. The molecule has 0 aromatic heterocycles. The second-order valence-corrected chi connectivity index (χ2v) is 5.35. The van der Waals surface area contributed by atoms with Crippen LogP contribution in [0.3, 0.4) is 0 Å². The molecule has 0 saturated heterocycles. The first kappa shape index (κ1) is 14.2. The van der Waals surface area contributed by atoms with E-state index in [4.69, 9.17) is 26.9 Å². The van der Waals surface area contributed by atoms with Gasteiger partial charge in [0.25, 0.3) is 0 Å². The van der Waals surface area contributed by atoms with Crippen LogP contribution < -0.4 is 20.7 Å². The Balaban J connectivity index is 1.96.